The van der Waals surface area contributed by atoms with E-state index in [9.17, 15) is 4.79 Å². The van der Waals surface area contributed by atoms with Gasteiger partial charge in [-0.25, -0.2) is 0 Å². The number of anilines is 1. The third kappa shape index (κ3) is 2.66. The first-order chi connectivity index (χ1) is 7.34. The van der Waals surface area contributed by atoms with Gasteiger partial charge in [-0.1, -0.05) is 12.2 Å². The number of nitrogens with zero attached hydrogens (tertiary/aromatic N) is 1. The van der Waals surface area contributed by atoms with Crippen LogP contribution in [0.25, 0.3) is 0 Å². The molecule has 6 heteroatoms. The number of primary amides is 1. The summed E-state index contributed by atoms with van der Waals surface area (Å²) in [5.41, 5.74) is 11.2. The number of nitrogens with two attached hydrogens (primary N) is 2. The molecule has 1 heterocycles. The molecule has 0 saturated heterocycles. The van der Waals surface area contributed by atoms with Crippen molar-refractivity contribution in [1.29, 1.82) is 0 Å². The van der Waals surface area contributed by atoms with Gasteiger partial charge in [0.1, 0.15) is 10.5 Å². The summed E-state index contributed by atoms with van der Waals surface area (Å²) < 4.78 is 0. The van der Waals surface area contributed by atoms with Crippen molar-refractivity contribution in [3.8, 4) is 0 Å². The minimum Gasteiger partial charge on any atom is -0.389 e. The van der Waals surface area contributed by atoms with Gasteiger partial charge in [0.15, 0.2) is 0 Å². The summed E-state index contributed by atoms with van der Waals surface area (Å²) in [7, 11) is 0. The van der Waals surface area contributed by atoms with Gasteiger partial charge in [0.25, 0.3) is 0 Å². The molecule has 1 aromatic rings. The highest BCUT2D eigenvalue weighted by Crippen LogP contribution is 2.18. The van der Waals surface area contributed by atoms with Crippen LogP contribution in [0.1, 0.15) is 19.4 Å². The van der Waals surface area contributed by atoms with E-state index >= 15 is 0 Å². The summed E-state index contributed by atoms with van der Waals surface area (Å²) in [4.78, 5) is 15.4. The zero-order valence-corrected chi connectivity index (χ0v) is 9.97. The van der Waals surface area contributed by atoms with Crippen molar-refractivity contribution in [1.82, 2.24) is 4.98 Å². The Morgan fingerprint density at radius 3 is 2.62 bits per heavy atom. The van der Waals surface area contributed by atoms with Crippen molar-refractivity contribution in [2.24, 2.45) is 11.5 Å². The summed E-state index contributed by atoms with van der Waals surface area (Å²) >= 11 is 4.90. The standard InChI is InChI=1S/C10H14N4OS/c1-10(2,9(12)15)14-7-5-13-4-3-6(7)8(11)16/h3-5,14H,1-2H3,(H2,11,16)(H2,12,15). The van der Waals surface area contributed by atoms with Crippen LogP contribution in [0.15, 0.2) is 18.5 Å². The fourth-order valence-electron chi connectivity index (χ4n) is 1.11. The molecule has 1 amide bonds. The van der Waals surface area contributed by atoms with Gasteiger partial charge in [0, 0.05) is 11.8 Å². The van der Waals surface area contributed by atoms with E-state index in [1.807, 2.05) is 0 Å². The Bertz CT molecular complexity index is 431. The van der Waals surface area contributed by atoms with Crippen LogP contribution in [0.3, 0.4) is 0 Å². The van der Waals surface area contributed by atoms with E-state index in [0.717, 1.165) is 0 Å². The Hall–Kier alpha value is -1.69. The van der Waals surface area contributed by atoms with Gasteiger partial charge >= 0.3 is 0 Å². The Labute approximate surface area is 99.2 Å². The lowest BCUT2D eigenvalue weighted by Gasteiger charge is -2.24. The normalized spacial score (nSPS) is 10.9. The average molecular weight is 238 g/mol. The van der Waals surface area contributed by atoms with Crippen molar-refractivity contribution in [2.75, 3.05) is 5.32 Å². The number of carbonyl (C=O) groups is 1. The molecule has 5 N–H and O–H groups in total. The largest absolute Gasteiger partial charge is 0.389 e. The van der Waals surface area contributed by atoms with Crippen molar-refractivity contribution in [2.45, 2.75) is 19.4 Å². The number of aromatic nitrogens is 1. The van der Waals surface area contributed by atoms with Crippen LogP contribution in [-0.4, -0.2) is 21.4 Å². The predicted molar refractivity (Wildman–Crippen MR) is 67.0 cm³/mol. The number of amides is 1. The van der Waals surface area contributed by atoms with Crippen molar-refractivity contribution in [3.63, 3.8) is 0 Å². The van der Waals surface area contributed by atoms with Gasteiger partial charge in [-0.2, -0.15) is 0 Å². The Kier molecular flexibility index (Phi) is 3.44. The SMILES string of the molecule is CC(C)(Nc1cnccc1C(N)=S)C(N)=O. The second-order valence-electron chi connectivity index (χ2n) is 3.90. The summed E-state index contributed by atoms with van der Waals surface area (Å²) in [6, 6.07) is 1.68. The lowest BCUT2D eigenvalue weighted by Crippen LogP contribution is -2.45. The molecule has 0 spiro atoms. The monoisotopic (exact) mass is 238 g/mol. The van der Waals surface area contributed by atoms with E-state index in [-0.39, 0.29) is 4.99 Å². The molecule has 5 nitrogen and oxygen atoms in total. The minimum atomic E-state index is -0.886. The first-order valence-electron chi connectivity index (χ1n) is 4.66. The van der Waals surface area contributed by atoms with Gasteiger partial charge in [-0.15, -0.1) is 0 Å². The molecular weight excluding hydrogens is 224 g/mol. The first-order valence-corrected chi connectivity index (χ1v) is 5.07. The van der Waals surface area contributed by atoms with Crippen LogP contribution in [-0.2, 0) is 4.79 Å². The summed E-state index contributed by atoms with van der Waals surface area (Å²) in [5, 5.41) is 2.96. The maximum atomic E-state index is 11.2. The molecular formula is C10H14N4OS. The zero-order valence-electron chi connectivity index (χ0n) is 9.15. The molecule has 1 rings (SSSR count). The number of thiocarbonyl (C=S) groups is 1. The van der Waals surface area contributed by atoms with Gasteiger partial charge in [-0.05, 0) is 19.9 Å². The number of rotatable bonds is 4. The van der Waals surface area contributed by atoms with E-state index in [2.05, 4.69) is 10.3 Å². The van der Waals surface area contributed by atoms with E-state index in [1.54, 1.807) is 32.3 Å². The highest BCUT2D eigenvalue weighted by molar-refractivity contribution is 7.80. The summed E-state index contributed by atoms with van der Waals surface area (Å²) in [6.45, 7) is 3.34. The third-order valence-electron chi connectivity index (χ3n) is 2.15. The Morgan fingerprint density at radius 1 is 1.50 bits per heavy atom. The lowest BCUT2D eigenvalue weighted by molar-refractivity contribution is -0.121. The molecule has 0 aliphatic rings. The van der Waals surface area contributed by atoms with Gasteiger partial charge in [0.2, 0.25) is 5.91 Å². The predicted octanol–water partition coefficient (Wildman–Crippen LogP) is 0.392. The van der Waals surface area contributed by atoms with Crippen molar-refractivity contribution < 1.29 is 4.79 Å². The van der Waals surface area contributed by atoms with Crippen LogP contribution in [0, 0.1) is 0 Å². The smallest absolute Gasteiger partial charge is 0.242 e. The fourth-order valence-corrected chi connectivity index (χ4v) is 1.29. The number of carbonyl (C=O) groups excluding carboxylic acids is 1. The summed E-state index contributed by atoms with van der Waals surface area (Å²) in [6.07, 6.45) is 3.14. The third-order valence-corrected chi connectivity index (χ3v) is 2.37. The molecule has 0 aromatic carbocycles. The topological polar surface area (TPSA) is 94.0 Å². The molecule has 1 aromatic heterocycles. The van der Waals surface area contributed by atoms with Crippen LogP contribution in [0.5, 0.6) is 0 Å². The van der Waals surface area contributed by atoms with E-state index in [1.165, 1.54) is 0 Å². The van der Waals surface area contributed by atoms with E-state index in [4.69, 9.17) is 23.7 Å². The van der Waals surface area contributed by atoms with E-state index in [0.29, 0.717) is 11.3 Å². The molecule has 0 atom stereocenters. The molecule has 0 radical (unpaired) electrons. The second kappa shape index (κ2) is 4.44. The van der Waals surface area contributed by atoms with Crippen LogP contribution >= 0.6 is 12.2 Å². The van der Waals surface area contributed by atoms with E-state index < -0.39 is 11.4 Å². The minimum absolute atomic E-state index is 0.241. The molecule has 0 aliphatic carbocycles. The Morgan fingerprint density at radius 2 is 2.12 bits per heavy atom. The number of hydrogen-bond donors (Lipinski definition) is 3. The molecule has 0 bridgehead atoms. The quantitative estimate of drug-likeness (QED) is 0.660. The highest BCUT2D eigenvalue weighted by Gasteiger charge is 2.25. The molecule has 0 unspecified atom stereocenters. The fraction of sp³-hybridized carbons (Fsp3) is 0.300. The molecule has 0 fully saturated rings. The van der Waals surface area contributed by atoms with Gasteiger partial charge < -0.3 is 16.8 Å². The van der Waals surface area contributed by atoms with Crippen LogP contribution < -0.4 is 16.8 Å². The molecule has 16 heavy (non-hydrogen) atoms. The Balaban J connectivity index is 3.06. The highest BCUT2D eigenvalue weighted by atomic mass is 32.1. The lowest BCUT2D eigenvalue weighted by atomic mass is 10.0. The van der Waals surface area contributed by atoms with Gasteiger partial charge in [-0.3, -0.25) is 9.78 Å². The van der Waals surface area contributed by atoms with Gasteiger partial charge in [0.05, 0.1) is 11.9 Å². The van der Waals surface area contributed by atoms with Crippen molar-refractivity contribution >= 4 is 28.8 Å². The molecule has 0 aliphatic heterocycles. The second-order valence-corrected chi connectivity index (χ2v) is 4.34. The number of nitrogens with one attached hydrogen (secondary N) is 1. The maximum absolute atomic E-state index is 11.2. The first kappa shape index (κ1) is 12.4. The summed E-state index contributed by atoms with van der Waals surface area (Å²) in [5.74, 6) is -0.467. The number of pyridine rings is 1. The zero-order chi connectivity index (χ0) is 12.3. The average Bonchev–Trinajstić information content (AvgIpc) is 2.17. The number of hydrogen-bond acceptors (Lipinski definition) is 4. The van der Waals surface area contributed by atoms with Crippen LogP contribution in [0.4, 0.5) is 5.69 Å². The molecule has 0 saturated carbocycles. The van der Waals surface area contributed by atoms with Crippen LogP contribution in [0.2, 0.25) is 0 Å². The molecule has 86 valence electrons. The maximum Gasteiger partial charge on any atom is 0.242 e. The van der Waals surface area contributed by atoms with Crippen molar-refractivity contribution in [3.05, 3.63) is 24.0 Å².